The molecule has 1 aromatic carbocycles. The van der Waals surface area contributed by atoms with Crippen molar-refractivity contribution in [2.45, 2.75) is 13.0 Å². The minimum atomic E-state index is -0.952. The number of aliphatic hydroxyl groups excluding tert-OH is 1. The summed E-state index contributed by atoms with van der Waals surface area (Å²) >= 11 is 0. The van der Waals surface area contributed by atoms with Gasteiger partial charge in [0, 0.05) is 0 Å². The number of aliphatic hydroxyl groups is 1. The number of carboxylic acids is 1. The number of hydrogen-bond donors (Lipinski definition) is 2. The maximum atomic E-state index is 10.4. The minimum Gasteiger partial charge on any atom is -0.478 e. The number of hydrogen-bond acceptors (Lipinski definition) is 2. The summed E-state index contributed by atoms with van der Waals surface area (Å²) in [6, 6.07) is 6.16. The van der Waals surface area contributed by atoms with Gasteiger partial charge in [0.1, 0.15) is 0 Å². The Morgan fingerprint density at radius 2 is 1.83 bits per heavy atom. The maximum absolute atomic E-state index is 10.4. The van der Waals surface area contributed by atoms with Gasteiger partial charge in [-0.1, -0.05) is 12.1 Å². The first-order chi connectivity index (χ1) is 5.61. The quantitative estimate of drug-likeness (QED) is 0.698. The average molecular weight is 166 g/mol. The highest BCUT2D eigenvalue weighted by Gasteiger charge is 2.03. The molecule has 0 radical (unpaired) electrons. The van der Waals surface area contributed by atoms with E-state index < -0.39 is 12.1 Å². The third kappa shape index (κ3) is 1.83. The van der Waals surface area contributed by atoms with Crippen molar-refractivity contribution in [1.82, 2.24) is 0 Å². The van der Waals surface area contributed by atoms with Gasteiger partial charge in [0.05, 0.1) is 11.7 Å². The Balaban J connectivity index is 2.93. The standard InChI is InChI=1S/C9H10O3/c1-6(10)7-2-4-8(5-3-7)9(11)12/h2-6,10H,1H3,(H,11,12)/t6-/m1/s1. The largest absolute Gasteiger partial charge is 0.478 e. The molecule has 0 aromatic heterocycles. The molecule has 1 rings (SSSR count). The molecule has 0 saturated carbocycles. The lowest BCUT2D eigenvalue weighted by Crippen LogP contribution is -1.97. The predicted molar refractivity (Wildman–Crippen MR) is 44.0 cm³/mol. The first-order valence-electron chi connectivity index (χ1n) is 3.62. The zero-order valence-electron chi connectivity index (χ0n) is 6.69. The summed E-state index contributed by atoms with van der Waals surface area (Å²) in [5.41, 5.74) is 0.958. The number of benzene rings is 1. The van der Waals surface area contributed by atoms with Gasteiger partial charge >= 0.3 is 5.97 Å². The Kier molecular flexibility index (Phi) is 2.45. The second-order valence-corrected chi connectivity index (χ2v) is 2.60. The number of aromatic carboxylic acids is 1. The van der Waals surface area contributed by atoms with Crippen LogP contribution in [0.15, 0.2) is 24.3 Å². The Hall–Kier alpha value is -1.35. The normalized spacial score (nSPS) is 12.5. The summed E-state index contributed by atoms with van der Waals surface area (Å²) in [5, 5.41) is 17.7. The van der Waals surface area contributed by atoms with Crippen LogP contribution >= 0.6 is 0 Å². The molecule has 0 fully saturated rings. The van der Waals surface area contributed by atoms with Gasteiger partial charge in [-0.05, 0) is 24.6 Å². The lowest BCUT2D eigenvalue weighted by molar-refractivity contribution is 0.0696. The fourth-order valence-electron chi connectivity index (χ4n) is 0.904. The molecule has 1 aromatic rings. The van der Waals surface area contributed by atoms with Crippen molar-refractivity contribution in [3.8, 4) is 0 Å². The molecule has 1 atom stereocenters. The molecule has 3 nitrogen and oxygen atoms in total. The first-order valence-corrected chi connectivity index (χ1v) is 3.62. The third-order valence-electron chi connectivity index (χ3n) is 1.64. The van der Waals surface area contributed by atoms with Crippen LogP contribution in [0.1, 0.15) is 28.9 Å². The monoisotopic (exact) mass is 166 g/mol. The van der Waals surface area contributed by atoms with E-state index in [0.29, 0.717) is 0 Å². The lowest BCUT2D eigenvalue weighted by atomic mass is 10.1. The Labute approximate surface area is 70.3 Å². The summed E-state index contributed by atoms with van der Waals surface area (Å²) in [6.45, 7) is 1.63. The van der Waals surface area contributed by atoms with Crippen LogP contribution in [0.25, 0.3) is 0 Å². The van der Waals surface area contributed by atoms with E-state index in [1.807, 2.05) is 0 Å². The Morgan fingerprint density at radius 1 is 1.33 bits per heavy atom. The van der Waals surface area contributed by atoms with Crippen molar-refractivity contribution in [2.75, 3.05) is 0 Å². The molecule has 0 heterocycles. The van der Waals surface area contributed by atoms with Gasteiger partial charge in [0.2, 0.25) is 0 Å². The van der Waals surface area contributed by atoms with Crippen molar-refractivity contribution >= 4 is 5.97 Å². The molecule has 0 aliphatic carbocycles. The third-order valence-corrected chi connectivity index (χ3v) is 1.64. The molecule has 64 valence electrons. The average Bonchev–Trinajstić information content (AvgIpc) is 2.04. The zero-order chi connectivity index (χ0) is 9.14. The summed E-state index contributed by atoms with van der Waals surface area (Å²) in [5.74, 6) is -0.952. The highest BCUT2D eigenvalue weighted by molar-refractivity contribution is 5.87. The lowest BCUT2D eigenvalue weighted by Gasteiger charge is -2.03. The highest BCUT2D eigenvalue weighted by atomic mass is 16.4. The summed E-state index contributed by atoms with van der Waals surface area (Å²) in [6.07, 6.45) is -0.548. The molecule has 0 aliphatic heterocycles. The van der Waals surface area contributed by atoms with Crippen molar-refractivity contribution in [1.29, 1.82) is 0 Å². The van der Waals surface area contributed by atoms with E-state index in [9.17, 15) is 4.79 Å². The van der Waals surface area contributed by atoms with Gasteiger partial charge in [-0.25, -0.2) is 4.79 Å². The van der Waals surface area contributed by atoms with Crippen LogP contribution in [-0.2, 0) is 0 Å². The smallest absolute Gasteiger partial charge is 0.335 e. The molecular formula is C9H10O3. The summed E-state index contributed by atoms with van der Waals surface area (Å²) in [7, 11) is 0. The number of carboxylic acid groups (broad SMARTS) is 1. The second kappa shape index (κ2) is 3.36. The van der Waals surface area contributed by atoms with Gasteiger partial charge < -0.3 is 10.2 Å². The Morgan fingerprint density at radius 3 is 2.17 bits per heavy atom. The van der Waals surface area contributed by atoms with E-state index in [-0.39, 0.29) is 5.56 Å². The van der Waals surface area contributed by atoms with E-state index in [4.69, 9.17) is 10.2 Å². The SMILES string of the molecule is C[C@@H](O)c1ccc(C(=O)O)cc1. The molecule has 0 bridgehead atoms. The highest BCUT2D eigenvalue weighted by Crippen LogP contribution is 2.12. The van der Waals surface area contributed by atoms with Gasteiger partial charge in [-0.3, -0.25) is 0 Å². The van der Waals surface area contributed by atoms with Crippen LogP contribution in [-0.4, -0.2) is 16.2 Å². The molecule has 0 amide bonds. The Bertz CT molecular complexity index is 274. The summed E-state index contributed by atoms with van der Waals surface area (Å²) < 4.78 is 0. The van der Waals surface area contributed by atoms with Gasteiger partial charge in [0.15, 0.2) is 0 Å². The van der Waals surface area contributed by atoms with Crippen LogP contribution < -0.4 is 0 Å². The van der Waals surface area contributed by atoms with Gasteiger partial charge in [-0.15, -0.1) is 0 Å². The van der Waals surface area contributed by atoms with E-state index in [0.717, 1.165) is 5.56 Å². The van der Waals surface area contributed by atoms with Crippen LogP contribution in [0.2, 0.25) is 0 Å². The van der Waals surface area contributed by atoms with Crippen LogP contribution in [0.3, 0.4) is 0 Å². The molecule has 3 heteroatoms. The van der Waals surface area contributed by atoms with Crippen LogP contribution in [0.5, 0.6) is 0 Å². The van der Waals surface area contributed by atoms with E-state index in [2.05, 4.69) is 0 Å². The van der Waals surface area contributed by atoms with E-state index in [1.165, 1.54) is 12.1 Å². The second-order valence-electron chi connectivity index (χ2n) is 2.60. The predicted octanol–water partition coefficient (Wildman–Crippen LogP) is 1.44. The molecule has 2 N–H and O–H groups in total. The van der Waals surface area contributed by atoms with Gasteiger partial charge in [0.25, 0.3) is 0 Å². The maximum Gasteiger partial charge on any atom is 0.335 e. The summed E-state index contributed by atoms with van der Waals surface area (Å²) in [4.78, 5) is 10.4. The molecular weight excluding hydrogens is 156 g/mol. The molecule has 0 saturated heterocycles. The van der Waals surface area contributed by atoms with E-state index in [1.54, 1.807) is 19.1 Å². The fraction of sp³-hybridized carbons (Fsp3) is 0.222. The van der Waals surface area contributed by atoms with E-state index >= 15 is 0 Å². The zero-order valence-corrected chi connectivity index (χ0v) is 6.69. The molecule has 0 aliphatic rings. The van der Waals surface area contributed by atoms with Crippen molar-refractivity contribution in [3.05, 3.63) is 35.4 Å². The number of rotatable bonds is 2. The molecule has 12 heavy (non-hydrogen) atoms. The van der Waals surface area contributed by atoms with Crippen LogP contribution in [0, 0.1) is 0 Å². The topological polar surface area (TPSA) is 57.5 Å². The van der Waals surface area contributed by atoms with Crippen LogP contribution in [0.4, 0.5) is 0 Å². The van der Waals surface area contributed by atoms with Crippen molar-refractivity contribution < 1.29 is 15.0 Å². The van der Waals surface area contributed by atoms with Crippen molar-refractivity contribution in [3.63, 3.8) is 0 Å². The molecule has 0 spiro atoms. The fourth-order valence-corrected chi connectivity index (χ4v) is 0.904. The van der Waals surface area contributed by atoms with Gasteiger partial charge in [-0.2, -0.15) is 0 Å². The van der Waals surface area contributed by atoms with Crippen molar-refractivity contribution in [2.24, 2.45) is 0 Å². The number of carbonyl (C=O) groups is 1. The first kappa shape index (κ1) is 8.74. The minimum absolute atomic E-state index is 0.236. The molecule has 0 unspecified atom stereocenters.